The van der Waals surface area contributed by atoms with Gasteiger partial charge in [0, 0.05) is 49.5 Å². The van der Waals surface area contributed by atoms with Crippen LogP contribution in [0.4, 0.5) is 15.3 Å². The van der Waals surface area contributed by atoms with Crippen LogP contribution in [0.25, 0.3) is 0 Å². The number of halogens is 1. The number of ether oxygens (including phenoxy) is 1. The van der Waals surface area contributed by atoms with Crippen molar-refractivity contribution in [1.29, 1.82) is 0 Å². The van der Waals surface area contributed by atoms with Crippen molar-refractivity contribution in [2.24, 2.45) is 9.98 Å². The third-order valence-corrected chi connectivity index (χ3v) is 7.76. The molecule has 1 saturated heterocycles. The maximum absolute atomic E-state index is 13.2. The van der Waals surface area contributed by atoms with E-state index in [1.807, 2.05) is 29.2 Å². The van der Waals surface area contributed by atoms with E-state index in [1.165, 1.54) is 17.0 Å². The first-order valence-electron chi connectivity index (χ1n) is 14.1. The molecule has 232 valence electrons. The molecule has 13 heteroatoms. The minimum Gasteiger partial charge on any atom is -0.507 e. The second kappa shape index (κ2) is 16.1. The summed E-state index contributed by atoms with van der Waals surface area (Å²) in [5.74, 6) is 2.85. The van der Waals surface area contributed by atoms with E-state index in [1.54, 1.807) is 12.1 Å². The number of likely N-dealkylation sites (tertiary alicyclic amines) is 1. The first kappa shape index (κ1) is 32.8. The molecule has 1 atom stereocenters. The number of phenols is 1. The lowest BCUT2D eigenvalue weighted by molar-refractivity contribution is -0.136. The van der Waals surface area contributed by atoms with Crippen molar-refractivity contribution < 1.29 is 34.1 Å². The first-order chi connectivity index (χ1) is 21.7. The number of carbonyl (C=O) groups is 4. The van der Waals surface area contributed by atoms with Crippen LogP contribution in [0, 0.1) is 0 Å². The van der Waals surface area contributed by atoms with Crippen LogP contribution >= 0.6 is 15.9 Å². The van der Waals surface area contributed by atoms with E-state index in [-0.39, 0.29) is 30.7 Å². The zero-order chi connectivity index (χ0) is 32.2. The number of anilines is 1. The minimum absolute atomic E-state index is 0.0153. The Morgan fingerprint density at radius 3 is 2.64 bits per heavy atom. The number of hydrogen-bond acceptors (Lipinski definition) is 7. The van der Waals surface area contributed by atoms with E-state index in [9.17, 15) is 24.3 Å². The maximum atomic E-state index is 13.2. The van der Waals surface area contributed by atoms with Gasteiger partial charge in [0.1, 0.15) is 5.75 Å². The Balaban J connectivity index is 1.40. The van der Waals surface area contributed by atoms with Gasteiger partial charge in [-0.05, 0) is 76.3 Å². The van der Waals surface area contributed by atoms with Crippen LogP contribution in [0.15, 0.2) is 80.7 Å². The number of carbonyl (C=O) groups excluding carboxylic acids is 3. The Hall–Kier alpha value is -5.14. The summed E-state index contributed by atoms with van der Waals surface area (Å²) in [6, 6.07) is 12.2. The number of piperidine rings is 1. The molecule has 2 aliphatic heterocycles. The number of nitrogens with one attached hydrogen (secondary N) is 1. The molecule has 0 unspecified atom stereocenters. The van der Waals surface area contributed by atoms with Gasteiger partial charge in [-0.25, -0.2) is 9.59 Å². The molecule has 2 aliphatic rings. The van der Waals surface area contributed by atoms with Crippen LogP contribution in [0.5, 0.6) is 5.75 Å². The molecule has 0 aromatic heterocycles. The van der Waals surface area contributed by atoms with Gasteiger partial charge in [-0.2, -0.15) is 9.98 Å². The van der Waals surface area contributed by atoms with Crippen LogP contribution in [-0.2, 0) is 27.2 Å². The smallest absolute Gasteiger partial charge is 0.410 e. The third kappa shape index (κ3) is 9.68. The number of aromatic hydroxyl groups is 1. The molecule has 4 rings (SSSR count). The van der Waals surface area contributed by atoms with Crippen molar-refractivity contribution in [2.75, 3.05) is 25.0 Å². The van der Waals surface area contributed by atoms with Gasteiger partial charge in [-0.1, -0.05) is 30.0 Å². The number of aliphatic carboxylic acids is 1. The summed E-state index contributed by atoms with van der Waals surface area (Å²) in [6.07, 6.45) is 1.94. The second-order valence-corrected chi connectivity index (χ2v) is 11.0. The Morgan fingerprint density at radius 1 is 1.11 bits per heavy atom. The van der Waals surface area contributed by atoms with Crippen molar-refractivity contribution in [1.82, 2.24) is 9.80 Å². The first-order valence-corrected chi connectivity index (χ1v) is 14.9. The van der Waals surface area contributed by atoms with Gasteiger partial charge in [-0.3, -0.25) is 9.59 Å². The zero-order valence-corrected chi connectivity index (χ0v) is 25.7. The maximum Gasteiger partial charge on any atom is 0.410 e. The molecule has 45 heavy (non-hydrogen) atoms. The molecular formula is C32H30BrN5O7. The third-order valence-electron chi connectivity index (χ3n) is 7.12. The highest BCUT2D eigenvalue weighted by Crippen LogP contribution is 2.27. The predicted octanol–water partition coefficient (Wildman–Crippen LogP) is 4.48. The topological polar surface area (TPSA) is 161 Å². The van der Waals surface area contributed by atoms with Crippen LogP contribution < -0.4 is 5.32 Å². The number of urea groups is 1. The number of carboxylic acids is 1. The van der Waals surface area contributed by atoms with E-state index < -0.39 is 24.1 Å². The van der Waals surface area contributed by atoms with Gasteiger partial charge in [-0.15, -0.1) is 0 Å². The average Bonchev–Trinajstić information content (AvgIpc) is 3.19. The van der Waals surface area contributed by atoms with Gasteiger partial charge < -0.3 is 30.1 Å². The molecule has 12 nitrogen and oxygen atoms in total. The Morgan fingerprint density at radius 2 is 1.89 bits per heavy atom. The summed E-state index contributed by atoms with van der Waals surface area (Å²) in [6.45, 7) is 1.24. The molecule has 0 bridgehead atoms. The fourth-order valence-corrected chi connectivity index (χ4v) is 5.27. The number of hydrogen-bond donors (Lipinski definition) is 3. The number of benzene rings is 2. The summed E-state index contributed by atoms with van der Waals surface area (Å²) in [5.41, 5.74) is 7.35. The fourth-order valence-electron chi connectivity index (χ4n) is 4.84. The molecule has 2 aromatic carbocycles. The van der Waals surface area contributed by atoms with Crippen molar-refractivity contribution in [3.63, 3.8) is 0 Å². The van der Waals surface area contributed by atoms with Crippen molar-refractivity contribution in [3.05, 3.63) is 81.8 Å². The van der Waals surface area contributed by atoms with E-state index in [0.29, 0.717) is 42.5 Å². The highest BCUT2D eigenvalue weighted by molar-refractivity contribution is 9.10. The molecule has 4 amide bonds. The van der Waals surface area contributed by atoms with E-state index in [0.717, 1.165) is 23.9 Å². The summed E-state index contributed by atoms with van der Waals surface area (Å²) in [7, 11) is 0. The number of fused-ring (bicyclic) bond motifs is 1. The Bertz CT molecular complexity index is 1660. The lowest BCUT2D eigenvalue weighted by Crippen LogP contribution is -2.50. The van der Waals surface area contributed by atoms with E-state index >= 15 is 0 Å². The predicted molar refractivity (Wildman–Crippen MR) is 169 cm³/mol. The highest BCUT2D eigenvalue weighted by atomic mass is 79.9. The number of amides is 4. The van der Waals surface area contributed by atoms with Crippen molar-refractivity contribution in [3.8, 4) is 5.75 Å². The zero-order valence-electron chi connectivity index (χ0n) is 24.1. The normalized spacial score (nSPS) is 14.9. The SMILES string of the molecule is O=C(O)CC=C=C=NC=C=C=NC(=O)[C@@H](Cc1ccc(O)c(Br)c1)OC(=O)N1CCC(N2CCc3ccccc3NC2=O)CC1. The molecule has 0 spiro atoms. The fraction of sp³-hybridized carbons (Fsp3) is 0.312. The van der Waals surface area contributed by atoms with Gasteiger partial charge in [0.15, 0.2) is 6.10 Å². The average molecular weight is 677 g/mol. The number of para-hydroxylation sites is 1. The van der Waals surface area contributed by atoms with E-state index in [4.69, 9.17) is 9.84 Å². The molecule has 2 aromatic rings. The standard InChI is InChI=1S/C32H30BrN5O7/c33-25-20-22(9-10-27(25)39)21-28(30(42)35-16-5-15-34-14-4-3-8-29(40)41)45-32(44)37-17-12-24(13-18-37)38-19-11-23-6-1-2-7-26(23)36-31(38)43/h1-3,6-7,9-10,15,20,24,28,39H,8,11-13,17-19,21H2,(H,36,43)(H,40,41)/t28-/m1/s1. The number of nitrogens with zero attached hydrogens (tertiary/aromatic N) is 4. The van der Waals surface area contributed by atoms with Crippen LogP contribution in [0.1, 0.15) is 30.4 Å². The quantitative estimate of drug-likeness (QED) is 0.275. The van der Waals surface area contributed by atoms with Gasteiger partial charge in [0.2, 0.25) is 0 Å². The molecular weight excluding hydrogens is 646 g/mol. The monoisotopic (exact) mass is 675 g/mol. The summed E-state index contributed by atoms with van der Waals surface area (Å²) < 4.78 is 6.04. The minimum atomic E-state index is -1.29. The number of phenolic OH excluding ortho intramolecular Hbond substituents is 1. The molecule has 1 fully saturated rings. The highest BCUT2D eigenvalue weighted by Gasteiger charge is 2.33. The van der Waals surface area contributed by atoms with Crippen LogP contribution in [0.3, 0.4) is 0 Å². The molecule has 0 saturated carbocycles. The van der Waals surface area contributed by atoms with Crippen molar-refractivity contribution >= 4 is 57.4 Å². The van der Waals surface area contributed by atoms with E-state index in [2.05, 4.69) is 54.4 Å². The summed E-state index contributed by atoms with van der Waals surface area (Å²) >= 11 is 3.25. The van der Waals surface area contributed by atoms with Crippen LogP contribution in [0.2, 0.25) is 0 Å². The number of aliphatic imine (C=N–C) groups is 2. The molecule has 0 radical (unpaired) electrons. The van der Waals surface area contributed by atoms with Gasteiger partial charge >= 0.3 is 18.1 Å². The Kier molecular flexibility index (Phi) is 11.7. The lowest BCUT2D eigenvalue weighted by Gasteiger charge is -2.37. The second-order valence-electron chi connectivity index (χ2n) is 10.1. The molecule has 0 aliphatic carbocycles. The van der Waals surface area contributed by atoms with Crippen molar-refractivity contribution in [2.45, 2.75) is 44.2 Å². The van der Waals surface area contributed by atoms with Crippen LogP contribution in [-0.4, -0.2) is 87.5 Å². The summed E-state index contributed by atoms with van der Waals surface area (Å²) in [4.78, 5) is 60.2. The van der Waals surface area contributed by atoms with Gasteiger partial charge in [0.05, 0.1) is 17.1 Å². The molecule has 3 N–H and O–H groups in total. The van der Waals surface area contributed by atoms with Gasteiger partial charge in [0.25, 0.3) is 5.91 Å². The molecule has 2 heterocycles. The Labute approximate surface area is 267 Å². The summed E-state index contributed by atoms with van der Waals surface area (Å²) in [5, 5.41) is 21.4. The lowest BCUT2D eigenvalue weighted by atomic mass is 10.0. The number of carboxylic acid groups (broad SMARTS) is 1. The largest absolute Gasteiger partial charge is 0.507 e. The number of rotatable bonds is 8.